The smallest absolute Gasteiger partial charge is 0.280 e. The van der Waals surface area contributed by atoms with Gasteiger partial charge in [0.1, 0.15) is 17.1 Å². The maximum atomic E-state index is 16.0. The molecule has 5 heterocycles. The van der Waals surface area contributed by atoms with Crippen LogP contribution < -0.4 is 5.32 Å². The standard InChI is InChI=1S/C36H33F3N8O2/c37-32(38)28-18-23(8-14-40-28)31-26-19-25(6-7-27(26)44-45-31)43-34(49)35-9-15-47(29(35)20-35)21-30(48)46-16-10-36(39,11-17-46)24-4-2-22(3-5-24)33-41-12-1-13-42-33/h1-8,12-14,18-19,29,32H,9-11,15-17,20-21H2,(H,43,49)(H,44,45)/t29?,35-/m0/s1. The summed E-state index contributed by atoms with van der Waals surface area (Å²) in [5.41, 5.74) is 1.25. The molecule has 0 spiro atoms. The molecule has 2 amide bonds. The fraction of sp³-hybridized carbons (Fsp3) is 0.333. The molecule has 3 fully saturated rings. The van der Waals surface area contributed by atoms with Gasteiger partial charge in [0, 0.05) is 79.3 Å². The Morgan fingerprint density at radius 2 is 1.69 bits per heavy atom. The number of carbonyl (C=O) groups excluding carboxylic acids is 2. The third-order valence-electron chi connectivity index (χ3n) is 10.3. The van der Waals surface area contributed by atoms with E-state index < -0.39 is 17.5 Å². The van der Waals surface area contributed by atoms with Crippen LogP contribution in [0.4, 0.5) is 18.9 Å². The minimum atomic E-state index is -2.70. The van der Waals surface area contributed by atoms with Crippen LogP contribution in [0.5, 0.6) is 0 Å². The summed E-state index contributed by atoms with van der Waals surface area (Å²) < 4.78 is 42.5. The fourth-order valence-corrected chi connectivity index (χ4v) is 7.40. The highest BCUT2D eigenvalue weighted by Gasteiger charge is 2.66. The first-order valence-corrected chi connectivity index (χ1v) is 16.4. The van der Waals surface area contributed by atoms with Crippen LogP contribution in [0.2, 0.25) is 0 Å². The highest BCUT2D eigenvalue weighted by atomic mass is 19.3. The van der Waals surface area contributed by atoms with Crippen LogP contribution in [-0.4, -0.2) is 79.0 Å². The number of aromatic nitrogens is 5. The Bertz CT molecular complexity index is 2030. The number of H-pyrrole nitrogens is 1. The topological polar surface area (TPSA) is 120 Å². The van der Waals surface area contributed by atoms with E-state index in [1.54, 1.807) is 59.8 Å². The third-order valence-corrected chi connectivity index (χ3v) is 10.3. The van der Waals surface area contributed by atoms with Gasteiger partial charge in [-0.05, 0) is 54.8 Å². The molecule has 49 heavy (non-hydrogen) atoms. The molecule has 0 bridgehead atoms. The molecule has 3 aromatic heterocycles. The maximum absolute atomic E-state index is 16.0. The summed E-state index contributed by atoms with van der Waals surface area (Å²) in [7, 11) is 0. The molecule has 2 aromatic carbocycles. The predicted molar refractivity (Wildman–Crippen MR) is 176 cm³/mol. The van der Waals surface area contributed by atoms with Crippen LogP contribution in [0.15, 0.2) is 79.3 Å². The van der Waals surface area contributed by atoms with E-state index in [2.05, 4.69) is 35.4 Å². The number of carbonyl (C=O) groups is 2. The molecule has 1 aliphatic carbocycles. The van der Waals surface area contributed by atoms with E-state index in [9.17, 15) is 18.4 Å². The van der Waals surface area contributed by atoms with Crippen molar-refractivity contribution < 1.29 is 22.8 Å². The molecule has 5 aromatic rings. The molecule has 3 aliphatic rings. The van der Waals surface area contributed by atoms with Crippen LogP contribution in [0.25, 0.3) is 33.5 Å². The van der Waals surface area contributed by atoms with Gasteiger partial charge in [-0.25, -0.2) is 23.1 Å². The molecule has 8 rings (SSSR count). The second kappa shape index (κ2) is 12.1. The molecular formula is C36H33F3N8O2. The van der Waals surface area contributed by atoms with Crippen LogP contribution in [0, 0.1) is 5.41 Å². The Balaban J connectivity index is 0.872. The van der Waals surface area contributed by atoms with Gasteiger partial charge in [-0.2, -0.15) is 5.10 Å². The third kappa shape index (κ3) is 5.71. The zero-order valence-corrected chi connectivity index (χ0v) is 26.5. The molecule has 1 saturated carbocycles. The van der Waals surface area contributed by atoms with Crippen LogP contribution in [-0.2, 0) is 15.3 Å². The number of rotatable bonds is 8. The van der Waals surface area contributed by atoms with Crippen molar-refractivity contribution in [1.29, 1.82) is 0 Å². The van der Waals surface area contributed by atoms with Crippen molar-refractivity contribution in [3.8, 4) is 22.6 Å². The molecule has 13 heteroatoms. The van der Waals surface area contributed by atoms with Crippen molar-refractivity contribution in [3.05, 3.63) is 90.5 Å². The lowest BCUT2D eigenvalue weighted by Crippen LogP contribution is -2.47. The molecule has 2 saturated heterocycles. The number of fused-ring (bicyclic) bond motifs is 2. The Morgan fingerprint density at radius 3 is 2.43 bits per heavy atom. The van der Waals surface area contributed by atoms with E-state index in [1.807, 2.05) is 12.1 Å². The summed E-state index contributed by atoms with van der Waals surface area (Å²) in [6.07, 6.45) is 3.70. The molecule has 2 aliphatic heterocycles. The molecular weight excluding hydrogens is 633 g/mol. The number of benzene rings is 2. The van der Waals surface area contributed by atoms with E-state index in [0.29, 0.717) is 71.7 Å². The van der Waals surface area contributed by atoms with Gasteiger partial charge < -0.3 is 10.2 Å². The van der Waals surface area contributed by atoms with Crippen molar-refractivity contribution in [3.63, 3.8) is 0 Å². The summed E-state index contributed by atoms with van der Waals surface area (Å²) in [4.78, 5) is 42.9. The van der Waals surface area contributed by atoms with Crippen LogP contribution in [0.3, 0.4) is 0 Å². The maximum Gasteiger partial charge on any atom is 0.280 e. The monoisotopic (exact) mass is 666 g/mol. The number of hydrogen-bond donors (Lipinski definition) is 2. The average molecular weight is 667 g/mol. The molecule has 1 unspecified atom stereocenters. The van der Waals surface area contributed by atoms with E-state index in [1.165, 1.54) is 12.3 Å². The van der Waals surface area contributed by atoms with Gasteiger partial charge in [-0.15, -0.1) is 0 Å². The van der Waals surface area contributed by atoms with Gasteiger partial charge in [0.15, 0.2) is 5.82 Å². The summed E-state index contributed by atoms with van der Waals surface area (Å²) in [6, 6.07) is 17.2. The van der Waals surface area contributed by atoms with E-state index >= 15 is 4.39 Å². The summed E-state index contributed by atoms with van der Waals surface area (Å²) in [5.74, 6) is 0.429. The number of likely N-dealkylation sites (tertiary alicyclic amines) is 2. The lowest BCUT2D eigenvalue weighted by atomic mass is 9.85. The van der Waals surface area contributed by atoms with Crippen molar-refractivity contribution in [2.45, 2.75) is 43.8 Å². The van der Waals surface area contributed by atoms with E-state index in [0.717, 1.165) is 5.56 Å². The first-order chi connectivity index (χ1) is 23.7. The number of hydrogen-bond acceptors (Lipinski definition) is 7. The minimum absolute atomic E-state index is 0.0357. The number of piperidine rings is 2. The Labute approximate surface area is 279 Å². The number of alkyl halides is 3. The SMILES string of the molecule is O=C(CN1CC[C@]2(C(=O)Nc3ccc4[nH]nc(-c5ccnc(C(F)F)c5)c4c3)CC12)N1CCC(F)(c2ccc(-c3ncccn3)cc2)CC1. The number of nitrogens with zero attached hydrogens (tertiary/aromatic N) is 6. The minimum Gasteiger partial charge on any atom is -0.341 e. The number of amides is 2. The summed E-state index contributed by atoms with van der Waals surface area (Å²) >= 11 is 0. The Morgan fingerprint density at radius 1 is 0.918 bits per heavy atom. The zero-order chi connectivity index (χ0) is 33.8. The van der Waals surface area contributed by atoms with Gasteiger partial charge >= 0.3 is 0 Å². The van der Waals surface area contributed by atoms with Crippen molar-refractivity contribution >= 4 is 28.4 Å². The van der Waals surface area contributed by atoms with Crippen LogP contribution in [0.1, 0.15) is 43.4 Å². The summed E-state index contributed by atoms with van der Waals surface area (Å²) in [5, 5.41) is 11.0. The number of halogens is 3. The van der Waals surface area contributed by atoms with Gasteiger partial charge in [-0.1, -0.05) is 24.3 Å². The molecule has 0 radical (unpaired) electrons. The zero-order valence-electron chi connectivity index (χ0n) is 26.5. The molecule has 2 N–H and O–H groups in total. The average Bonchev–Trinajstić information content (AvgIpc) is 3.56. The van der Waals surface area contributed by atoms with Crippen molar-refractivity contribution in [1.82, 2.24) is 34.9 Å². The second-order valence-electron chi connectivity index (χ2n) is 13.1. The predicted octanol–water partition coefficient (Wildman–Crippen LogP) is 5.91. The van der Waals surface area contributed by atoms with Crippen molar-refractivity contribution in [2.75, 3.05) is 31.5 Å². The Kier molecular flexibility index (Phi) is 7.66. The quantitative estimate of drug-likeness (QED) is 0.211. The second-order valence-corrected chi connectivity index (χ2v) is 13.1. The largest absolute Gasteiger partial charge is 0.341 e. The van der Waals surface area contributed by atoms with Gasteiger partial charge in [0.25, 0.3) is 6.43 Å². The highest BCUT2D eigenvalue weighted by molar-refractivity contribution is 6.02. The van der Waals surface area contributed by atoms with Gasteiger partial charge in [0.05, 0.1) is 17.5 Å². The lowest BCUT2D eigenvalue weighted by Gasteiger charge is -2.37. The first-order valence-electron chi connectivity index (χ1n) is 16.4. The van der Waals surface area contributed by atoms with Gasteiger partial charge in [-0.3, -0.25) is 24.6 Å². The number of aromatic amines is 1. The fourth-order valence-electron chi connectivity index (χ4n) is 7.40. The Hall–Kier alpha value is -5.17. The highest BCUT2D eigenvalue weighted by Crippen LogP contribution is 2.57. The van der Waals surface area contributed by atoms with Gasteiger partial charge in [0.2, 0.25) is 11.8 Å². The number of anilines is 1. The lowest BCUT2D eigenvalue weighted by molar-refractivity contribution is -0.135. The molecule has 250 valence electrons. The molecule has 2 atom stereocenters. The molecule has 10 nitrogen and oxygen atoms in total. The number of pyridine rings is 1. The van der Waals surface area contributed by atoms with E-state index in [4.69, 9.17) is 0 Å². The summed E-state index contributed by atoms with van der Waals surface area (Å²) in [6.45, 7) is 1.47. The first kappa shape index (κ1) is 31.1. The normalized spacial score (nSPS) is 21.6. The van der Waals surface area contributed by atoms with E-state index in [-0.39, 0.29) is 42.9 Å². The van der Waals surface area contributed by atoms with Crippen molar-refractivity contribution in [2.24, 2.45) is 5.41 Å². The number of nitrogens with one attached hydrogen (secondary N) is 2. The van der Waals surface area contributed by atoms with Crippen LogP contribution >= 0.6 is 0 Å².